The molecule has 116 valence electrons. The summed E-state index contributed by atoms with van der Waals surface area (Å²) >= 11 is 3.68. The summed E-state index contributed by atoms with van der Waals surface area (Å²) < 4.78 is 6.54. The molecule has 21 heavy (non-hydrogen) atoms. The second-order valence-corrected chi connectivity index (χ2v) is 7.11. The normalized spacial score (nSPS) is 23.2. The molecule has 1 unspecified atom stereocenters. The molecule has 1 saturated carbocycles. The minimum absolute atomic E-state index is 0.678. The van der Waals surface area contributed by atoms with E-state index in [1.54, 1.807) is 7.11 Å². The van der Waals surface area contributed by atoms with Gasteiger partial charge in [0.2, 0.25) is 0 Å². The molecule has 1 heterocycles. The predicted molar refractivity (Wildman–Crippen MR) is 89.8 cm³/mol. The van der Waals surface area contributed by atoms with Gasteiger partial charge in [0, 0.05) is 29.6 Å². The minimum atomic E-state index is 0.678. The Morgan fingerprint density at radius 2 is 2.14 bits per heavy atom. The molecule has 1 aliphatic carbocycles. The van der Waals surface area contributed by atoms with Crippen LogP contribution in [0.15, 0.2) is 22.7 Å². The van der Waals surface area contributed by atoms with Crippen molar-refractivity contribution in [3.8, 4) is 5.75 Å². The summed E-state index contributed by atoms with van der Waals surface area (Å²) in [5.74, 6) is 0.942. The highest BCUT2D eigenvalue weighted by molar-refractivity contribution is 9.10. The average Bonchev–Trinajstić information content (AvgIpc) is 3.33. The number of ether oxygens (including phenoxy) is 1. The predicted octanol–water partition coefficient (Wildman–Crippen LogP) is 3.56. The van der Waals surface area contributed by atoms with Gasteiger partial charge in [-0.15, -0.1) is 0 Å². The van der Waals surface area contributed by atoms with Crippen LogP contribution in [0.1, 0.15) is 37.7 Å². The van der Waals surface area contributed by atoms with Gasteiger partial charge in [0.1, 0.15) is 5.75 Å². The number of hydrogen-bond acceptors (Lipinski definition) is 3. The van der Waals surface area contributed by atoms with Crippen LogP contribution in [0.4, 0.5) is 0 Å². The van der Waals surface area contributed by atoms with Crippen molar-refractivity contribution in [3.05, 3.63) is 28.2 Å². The lowest BCUT2D eigenvalue weighted by Crippen LogP contribution is -2.45. The molecule has 1 saturated heterocycles. The highest BCUT2D eigenvalue weighted by Crippen LogP contribution is 2.27. The number of rotatable bonds is 6. The highest BCUT2D eigenvalue weighted by Gasteiger charge is 2.26. The van der Waals surface area contributed by atoms with Gasteiger partial charge >= 0.3 is 0 Å². The second-order valence-electron chi connectivity index (χ2n) is 6.26. The van der Waals surface area contributed by atoms with Gasteiger partial charge in [-0.3, -0.25) is 4.90 Å². The van der Waals surface area contributed by atoms with Crippen LogP contribution < -0.4 is 10.1 Å². The van der Waals surface area contributed by atoms with Crippen LogP contribution in [-0.4, -0.2) is 37.2 Å². The molecule has 2 fully saturated rings. The Bertz CT molecular complexity index is 476. The lowest BCUT2D eigenvalue weighted by molar-refractivity contribution is 0.137. The van der Waals surface area contributed by atoms with Gasteiger partial charge in [0.05, 0.1) is 7.11 Å². The maximum absolute atomic E-state index is 5.36. The Hall–Kier alpha value is -0.580. The van der Waals surface area contributed by atoms with E-state index in [-0.39, 0.29) is 0 Å². The average molecular weight is 353 g/mol. The van der Waals surface area contributed by atoms with Crippen LogP contribution in [0.5, 0.6) is 5.75 Å². The van der Waals surface area contributed by atoms with Gasteiger partial charge in [-0.2, -0.15) is 0 Å². The molecule has 0 bridgehead atoms. The molecule has 1 aromatic rings. The van der Waals surface area contributed by atoms with E-state index in [4.69, 9.17) is 4.74 Å². The molecule has 1 atom stereocenters. The number of nitrogens with zero attached hydrogens (tertiary/aromatic N) is 1. The summed E-state index contributed by atoms with van der Waals surface area (Å²) in [5.41, 5.74) is 1.33. The number of halogens is 1. The van der Waals surface area contributed by atoms with Crippen molar-refractivity contribution in [3.63, 3.8) is 0 Å². The fourth-order valence-electron chi connectivity index (χ4n) is 3.11. The smallest absolute Gasteiger partial charge is 0.119 e. The first-order valence-electron chi connectivity index (χ1n) is 8.06. The first kappa shape index (κ1) is 15.3. The Balaban J connectivity index is 1.65. The van der Waals surface area contributed by atoms with Crippen LogP contribution >= 0.6 is 15.9 Å². The van der Waals surface area contributed by atoms with Crippen molar-refractivity contribution < 1.29 is 4.74 Å². The van der Waals surface area contributed by atoms with E-state index in [0.29, 0.717) is 6.04 Å². The monoisotopic (exact) mass is 352 g/mol. The molecule has 4 heteroatoms. The van der Waals surface area contributed by atoms with Crippen LogP contribution in [0.2, 0.25) is 0 Å². The molecule has 3 nitrogen and oxygen atoms in total. The molecule has 1 aromatic carbocycles. The number of nitrogens with one attached hydrogen (secondary N) is 1. The van der Waals surface area contributed by atoms with Gasteiger partial charge in [-0.25, -0.2) is 0 Å². The van der Waals surface area contributed by atoms with Crippen molar-refractivity contribution in [1.82, 2.24) is 10.2 Å². The van der Waals surface area contributed by atoms with Crippen molar-refractivity contribution in [2.24, 2.45) is 0 Å². The fraction of sp³-hybridized carbons (Fsp3) is 0.647. The molecule has 1 aliphatic heterocycles. The Morgan fingerprint density at radius 3 is 2.90 bits per heavy atom. The van der Waals surface area contributed by atoms with E-state index >= 15 is 0 Å². The van der Waals surface area contributed by atoms with E-state index < -0.39 is 0 Å². The second kappa shape index (κ2) is 7.12. The van der Waals surface area contributed by atoms with Crippen molar-refractivity contribution in [1.29, 1.82) is 0 Å². The first-order chi connectivity index (χ1) is 10.3. The van der Waals surface area contributed by atoms with Crippen molar-refractivity contribution >= 4 is 15.9 Å². The summed E-state index contributed by atoms with van der Waals surface area (Å²) in [6.45, 7) is 3.36. The van der Waals surface area contributed by atoms with Gasteiger partial charge in [0.15, 0.2) is 0 Å². The van der Waals surface area contributed by atoms with E-state index in [0.717, 1.165) is 24.9 Å². The maximum Gasteiger partial charge on any atom is 0.119 e. The number of benzene rings is 1. The summed E-state index contributed by atoms with van der Waals surface area (Å²) in [6.07, 6.45) is 6.75. The summed E-state index contributed by atoms with van der Waals surface area (Å²) in [6, 6.07) is 7.74. The molecule has 0 amide bonds. The number of methoxy groups -OCH3 is 1. The zero-order valence-electron chi connectivity index (χ0n) is 12.8. The van der Waals surface area contributed by atoms with Gasteiger partial charge < -0.3 is 10.1 Å². The van der Waals surface area contributed by atoms with Crippen LogP contribution in [0, 0.1) is 0 Å². The summed E-state index contributed by atoms with van der Waals surface area (Å²) in [4.78, 5) is 2.64. The molecular weight excluding hydrogens is 328 g/mol. The molecule has 1 N–H and O–H groups in total. The lowest BCUT2D eigenvalue weighted by Gasteiger charge is -2.36. The number of likely N-dealkylation sites (tertiary alicyclic amines) is 1. The molecule has 0 spiro atoms. The van der Waals surface area contributed by atoms with Crippen LogP contribution in [0.3, 0.4) is 0 Å². The summed E-state index contributed by atoms with van der Waals surface area (Å²) in [7, 11) is 1.73. The standard InChI is InChI=1S/C17H25BrN2O/c1-21-16-7-8-17(18)13(10-16)12-20-9-3-2-4-15(20)11-19-14-5-6-14/h7-8,10,14-15,19H,2-6,9,11-12H2,1H3. The third-order valence-corrected chi connectivity index (χ3v) is 5.37. The summed E-state index contributed by atoms with van der Waals surface area (Å²) in [5, 5.41) is 3.70. The lowest BCUT2D eigenvalue weighted by atomic mass is 10.0. The van der Waals surface area contributed by atoms with Crippen LogP contribution in [0.25, 0.3) is 0 Å². The topological polar surface area (TPSA) is 24.5 Å². The zero-order chi connectivity index (χ0) is 14.7. The Kier molecular flexibility index (Phi) is 5.19. The quantitative estimate of drug-likeness (QED) is 0.846. The van der Waals surface area contributed by atoms with Crippen LogP contribution in [-0.2, 0) is 6.54 Å². The van der Waals surface area contributed by atoms with E-state index in [1.165, 1.54) is 48.7 Å². The number of hydrogen-bond donors (Lipinski definition) is 1. The SMILES string of the molecule is COc1ccc(Br)c(CN2CCCCC2CNC2CC2)c1. The molecular formula is C17H25BrN2O. The third kappa shape index (κ3) is 4.21. The van der Waals surface area contributed by atoms with Gasteiger partial charge in [0.25, 0.3) is 0 Å². The first-order valence-corrected chi connectivity index (χ1v) is 8.85. The van der Waals surface area contributed by atoms with E-state index in [2.05, 4.69) is 38.3 Å². The minimum Gasteiger partial charge on any atom is -0.497 e. The molecule has 2 aliphatic rings. The third-order valence-electron chi connectivity index (χ3n) is 4.59. The maximum atomic E-state index is 5.36. The zero-order valence-corrected chi connectivity index (χ0v) is 14.4. The molecule has 0 radical (unpaired) electrons. The fourth-order valence-corrected chi connectivity index (χ4v) is 3.48. The van der Waals surface area contributed by atoms with E-state index in [9.17, 15) is 0 Å². The Labute approximate surface area is 136 Å². The van der Waals surface area contributed by atoms with E-state index in [1.807, 2.05) is 6.07 Å². The van der Waals surface area contributed by atoms with Crippen molar-refractivity contribution in [2.45, 2.75) is 50.7 Å². The van der Waals surface area contributed by atoms with Crippen molar-refractivity contribution in [2.75, 3.05) is 20.2 Å². The Morgan fingerprint density at radius 1 is 1.29 bits per heavy atom. The molecule has 3 rings (SSSR count). The molecule has 0 aromatic heterocycles. The van der Waals surface area contributed by atoms with Gasteiger partial charge in [-0.1, -0.05) is 22.4 Å². The number of piperidine rings is 1. The van der Waals surface area contributed by atoms with Gasteiger partial charge in [-0.05, 0) is 56.0 Å². The largest absolute Gasteiger partial charge is 0.497 e. The highest BCUT2D eigenvalue weighted by atomic mass is 79.9.